The van der Waals surface area contributed by atoms with Crippen LogP contribution in [0.25, 0.3) is 0 Å². The molecule has 0 aliphatic rings. The van der Waals surface area contributed by atoms with Gasteiger partial charge in [-0.15, -0.1) is 0 Å². The molecular weight excluding hydrogens is 284 g/mol. The zero-order valence-corrected chi connectivity index (χ0v) is 12.2. The number of nitrogens with one attached hydrogen (secondary N) is 1. The monoisotopic (exact) mass is 297 g/mol. The molecule has 2 rings (SSSR count). The summed E-state index contributed by atoms with van der Waals surface area (Å²) in [6, 6.07) is 10.4. The molecule has 1 nitrogen and oxygen atoms in total. The van der Waals surface area contributed by atoms with E-state index >= 15 is 0 Å². The molecule has 0 saturated heterocycles. The molecule has 0 radical (unpaired) electrons. The number of aryl methyl sites for hydroxylation is 1. The number of halogens is 3. The Morgan fingerprint density at radius 1 is 1.11 bits per heavy atom. The van der Waals surface area contributed by atoms with E-state index in [2.05, 4.69) is 5.32 Å². The maximum absolute atomic E-state index is 13.1. The lowest BCUT2D eigenvalue weighted by molar-refractivity contribution is 0.627. The first-order chi connectivity index (χ1) is 8.97. The predicted octanol–water partition coefficient (Wildman–Crippen LogP) is 5.61. The van der Waals surface area contributed by atoms with Crippen molar-refractivity contribution in [2.75, 3.05) is 5.32 Å². The predicted molar refractivity (Wildman–Crippen MR) is 79.6 cm³/mol. The van der Waals surface area contributed by atoms with Crippen LogP contribution >= 0.6 is 23.2 Å². The SMILES string of the molecule is Cc1cc(Cl)ccc1NC(C)c1ccc(F)c(Cl)c1. The zero-order valence-electron chi connectivity index (χ0n) is 10.7. The van der Waals surface area contributed by atoms with Gasteiger partial charge in [0.05, 0.1) is 5.02 Å². The fourth-order valence-corrected chi connectivity index (χ4v) is 2.30. The highest BCUT2D eigenvalue weighted by molar-refractivity contribution is 6.31. The van der Waals surface area contributed by atoms with Crippen molar-refractivity contribution < 1.29 is 4.39 Å². The first-order valence-electron chi connectivity index (χ1n) is 5.95. The number of hydrogen-bond acceptors (Lipinski definition) is 1. The van der Waals surface area contributed by atoms with Crippen molar-refractivity contribution in [1.82, 2.24) is 0 Å². The van der Waals surface area contributed by atoms with Gasteiger partial charge in [0.15, 0.2) is 0 Å². The Kier molecular flexibility index (Phi) is 4.33. The maximum Gasteiger partial charge on any atom is 0.141 e. The summed E-state index contributed by atoms with van der Waals surface area (Å²) < 4.78 is 13.1. The first-order valence-corrected chi connectivity index (χ1v) is 6.70. The minimum absolute atomic E-state index is 0.0259. The summed E-state index contributed by atoms with van der Waals surface area (Å²) in [5.74, 6) is -0.403. The van der Waals surface area contributed by atoms with Gasteiger partial charge in [-0.3, -0.25) is 0 Å². The Labute approximate surface area is 122 Å². The Hall–Kier alpha value is -1.25. The number of anilines is 1. The largest absolute Gasteiger partial charge is 0.378 e. The van der Waals surface area contributed by atoms with Gasteiger partial charge in [-0.05, 0) is 55.3 Å². The van der Waals surface area contributed by atoms with Gasteiger partial charge < -0.3 is 5.32 Å². The molecular formula is C15H14Cl2FN. The van der Waals surface area contributed by atoms with Crippen LogP contribution in [0.5, 0.6) is 0 Å². The van der Waals surface area contributed by atoms with E-state index in [0.29, 0.717) is 5.02 Å². The quantitative estimate of drug-likeness (QED) is 0.776. The fourth-order valence-electron chi connectivity index (χ4n) is 1.89. The van der Waals surface area contributed by atoms with Crippen LogP contribution in [0.1, 0.15) is 24.1 Å². The average molecular weight is 298 g/mol. The van der Waals surface area contributed by atoms with Crippen molar-refractivity contribution in [2.24, 2.45) is 0 Å². The number of hydrogen-bond donors (Lipinski definition) is 1. The van der Waals surface area contributed by atoms with Crippen molar-refractivity contribution in [3.8, 4) is 0 Å². The Bertz CT molecular complexity index is 599. The standard InChI is InChI=1S/C15H14Cl2FN/c1-9-7-12(16)4-6-15(9)19-10(2)11-3-5-14(18)13(17)8-11/h3-8,10,19H,1-2H3. The molecule has 100 valence electrons. The lowest BCUT2D eigenvalue weighted by Crippen LogP contribution is -2.07. The van der Waals surface area contributed by atoms with Crippen molar-refractivity contribution in [1.29, 1.82) is 0 Å². The third-order valence-corrected chi connectivity index (χ3v) is 3.53. The smallest absolute Gasteiger partial charge is 0.141 e. The van der Waals surface area contributed by atoms with Crippen molar-refractivity contribution in [2.45, 2.75) is 19.9 Å². The summed E-state index contributed by atoms with van der Waals surface area (Å²) in [4.78, 5) is 0. The van der Waals surface area contributed by atoms with Gasteiger partial charge in [0.25, 0.3) is 0 Å². The molecule has 0 aliphatic heterocycles. The summed E-state index contributed by atoms with van der Waals surface area (Å²) in [6.07, 6.45) is 0. The molecule has 0 saturated carbocycles. The van der Waals surface area contributed by atoms with Gasteiger partial charge >= 0.3 is 0 Å². The van der Waals surface area contributed by atoms with Crippen LogP contribution in [0.3, 0.4) is 0 Å². The van der Waals surface area contributed by atoms with Crippen LogP contribution in [0, 0.1) is 12.7 Å². The molecule has 0 fully saturated rings. The molecule has 4 heteroatoms. The zero-order chi connectivity index (χ0) is 14.0. The van der Waals surface area contributed by atoms with E-state index in [1.54, 1.807) is 12.1 Å². The topological polar surface area (TPSA) is 12.0 Å². The second-order valence-corrected chi connectivity index (χ2v) is 5.34. The van der Waals surface area contributed by atoms with E-state index in [-0.39, 0.29) is 11.1 Å². The van der Waals surface area contributed by atoms with Crippen LogP contribution in [-0.4, -0.2) is 0 Å². The van der Waals surface area contributed by atoms with E-state index in [4.69, 9.17) is 23.2 Å². The summed E-state index contributed by atoms with van der Waals surface area (Å²) in [6.45, 7) is 3.98. The van der Waals surface area contributed by atoms with Crippen LogP contribution in [0.2, 0.25) is 10.0 Å². The molecule has 1 atom stereocenters. The van der Waals surface area contributed by atoms with Crippen LogP contribution in [0.15, 0.2) is 36.4 Å². The van der Waals surface area contributed by atoms with E-state index < -0.39 is 5.82 Å². The second-order valence-electron chi connectivity index (χ2n) is 4.50. The molecule has 2 aromatic carbocycles. The van der Waals surface area contributed by atoms with Gasteiger partial charge in [0.2, 0.25) is 0 Å². The van der Waals surface area contributed by atoms with Crippen molar-refractivity contribution >= 4 is 28.9 Å². The summed E-state index contributed by atoms with van der Waals surface area (Å²) in [5.41, 5.74) is 2.99. The molecule has 1 unspecified atom stereocenters. The highest BCUT2D eigenvalue weighted by atomic mass is 35.5. The van der Waals surface area contributed by atoms with Crippen molar-refractivity contribution in [3.63, 3.8) is 0 Å². The van der Waals surface area contributed by atoms with E-state index in [1.165, 1.54) is 6.07 Å². The molecule has 0 spiro atoms. The van der Waals surface area contributed by atoms with E-state index in [9.17, 15) is 4.39 Å². The second kappa shape index (κ2) is 5.81. The van der Waals surface area contributed by atoms with Gasteiger partial charge in [0.1, 0.15) is 5.82 Å². The van der Waals surface area contributed by atoms with Crippen LogP contribution in [0.4, 0.5) is 10.1 Å². The Morgan fingerprint density at radius 3 is 2.47 bits per heavy atom. The molecule has 0 bridgehead atoms. The van der Waals surface area contributed by atoms with Crippen LogP contribution in [-0.2, 0) is 0 Å². The summed E-state index contributed by atoms with van der Waals surface area (Å²) in [7, 11) is 0. The molecule has 0 amide bonds. The molecule has 0 heterocycles. The van der Waals surface area contributed by atoms with Gasteiger partial charge in [-0.2, -0.15) is 0 Å². The van der Waals surface area contributed by atoms with Gasteiger partial charge in [-0.1, -0.05) is 29.3 Å². The van der Waals surface area contributed by atoms with Crippen molar-refractivity contribution in [3.05, 3.63) is 63.4 Å². The average Bonchev–Trinajstić information content (AvgIpc) is 2.36. The third-order valence-electron chi connectivity index (χ3n) is 3.00. The highest BCUT2D eigenvalue weighted by Crippen LogP contribution is 2.26. The van der Waals surface area contributed by atoms with Gasteiger partial charge in [0, 0.05) is 16.8 Å². The minimum Gasteiger partial charge on any atom is -0.378 e. The Morgan fingerprint density at radius 2 is 1.84 bits per heavy atom. The van der Waals surface area contributed by atoms with Gasteiger partial charge in [-0.25, -0.2) is 4.39 Å². The molecule has 2 aromatic rings. The molecule has 0 aromatic heterocycles. The lowest BCUT2D eigenvalue weighted by Gasteiger charge is -2.18. The number of rotatable bonds is 3. The van der Waals surface area contributed by atoms with Crippen LogP contribution < -0.4 is 5.32 Å². The van der Waals surface area contributed by atoms with E-state index in [0.717, 1.165) is 16.8 Å². The summed E-state index contributed by atoms with van der Waals surface area (Å²) in [5, 5.41) is 4.21. The third kappa shape index (κ3) is 3.40. The lowest BCUT2D eigenvalue weighted by atomic mass is 10.1. The normalized spacial score (nSPS) is 12.3. The maximum atomic E-state index is 13.1. The van der Waals surface area contributed by atoms with E-state index in [1.807, 2.05) is 32.0 Å². The molecule has 1 N–H and O–H groups in total. The Balaban J connectivity index is 2.20. The minimum atomic E-state index is -0.403. The number of benzene rings is 2. The fraction of sp³-hybridized carbons (Fsp3) is 0.200. The summed E-state index contributed by atoms with van der Waals surface area (Å²) >= 11 is 11.7. The molecule has 0 aliphatic carbocycles. The first kappa shape index (κ1) is 14.2. The molecule has 19 heavy (non-hydrogen) atoms. The highest BCUT2D eigenvalue weighted by Gasteiger charge is 2.09.